The van der Waals surface area contributed by atoms with Crippen LogP contribution in [0.25, 0.3) is 0 Å². The van der Waals surface area contributed by atoms with E-state index >= 15 is 0 Å². The van der Waals surface area contributed by atoms with E-state index in [9.17, 15) is 13.2 Å². The highest BCUT2D eigenvalue weighted by atomic mass is 35.5. The monoisotopic (exact) mass is 392 g/mol. The molecular weight excluding hydrogens is 372 g/mol. The minimum absolute atomic E-state index is 0.117. The van der Waals surface area contributed by atoms with Gasteiger partial charge in [0.25, 0.3) is 5.91 Å². The van der Waals surface area contributed by atoms with Crippen molar-refractivity contribution in [1.82, 2.24) is 0 Å². The number of halogens is 1. The molecule has 7 heteroatoms. The van der Waals surface area contributed by atoms with Crippen molar-refractivity contribution in [2.45, 2.75) is 26.2 Å². The van der Waals surface area contributed by atoms with Crippen LogP contribution in [0.5, 0.6) is 0 Å². The summed E-state index contributed by atoms with van der Waals surface area (Å²) in [6.07, 6.45) is 2.19. The SMILES string of the molecule is CCCS(=O)(=O)N1CCCc2ccc(NC(=O)c3cccc(Cl)c3)cc21. The highest BCUT2D eigenvalue weighted by Crippen LogP contribution is 2.32. The number of hydrogen-bond acceptors (Lipinski definition) is 3. The van der Waals surface area contributed by atoms with Crippen LogP contribution in [0.1, 0.15) is 35.7 Å². The Morgan fingerprint density at radius 3 is 2.77 bits per heavy atom. The van der Waals surface area contributed by atoms with Gasteiger partial charge in [0.1, 0.15) is 0 Å². The average molecular weight is 393 g/mol. The first-order valence-corrected chi connectivity index (χ1v) is 10.6. The van der Waals surface area contributed by atoms with Crippen molar-refractivity contribution in [1.29, 1.82) is 0 Å². The Hall–Kier alpha value is -2.05. The van der Waals surface area contributed by atoms with Gasteiger partial charge in [0.2, 0.25) is 10.0 Å². The Bertz CT molecular complexity index is 928. The summed E-state index contributed by atoms with van der Waals surface area (Å²) in [7, 11) is -3.35. The van der Waals surface area contributed by atoms with Crippen molar-refractivity contribution >= 4 is 38.9 Å². The summed E-state index contributed by atoms with van der Waals surface area (Å²) in [6.45, 7) is 2.32. The third-order valence-electron chi connectivity index (χ3n) is 4.30. The molecule has 0 fully saturated rings. The molecule has 0 aliphatic carbocycles. The van der Waals surface area contributed by atoms with Gasteiger partial charge in [-0.2, -0.15) is 0 Å². The van der Waals surface area contributed by atoms with Gasteiger partial charge in [-0.3, -0.25) is 9.10 Å². The number of nitrogens with one attached hydrogen (secondary N) is 1. The molecule has 5 nitrogen and oxygen atoms in total. The molecule has 0 atom stereocenters. The fourth-order valence-electron chi connectivity index (χ4n) is 3.11. The van der Waals surface area contributed by atoms with Crippen LogP contribution in [-0.4, -0.2) is 26.6 Å². The highest BCUT2D eigenvalue weighted by Gasteiger charge is 2.27. The first-order chi connectivity index (χ1) is 12.4. The molecule has 1 N–H and O–H groups in total. The van der Waals surface area contributed by atoms with Crippen molar-refractivity contribution in [3.8, 4) is 0 Å². The number of anilines is 2. The fraction of sp³-hybridized carbons (Fsp3) is 0.316. The van der Waals surface area contributed by atoms with Crippen LogP contribution in [0.4, 0.5) is 11.4 Å². The number of fused-ring (bicyclic) bond motifs is 1. The van der Waals surface area contributed by atoms with Gasteiger partial charge in [0.05, 0.1) is 11.4 Å². The van der Waals surface area contributed by atoms with Crippen LogP contribution < -0.4 is 9.62 Å². The first-order valence-electron chi connectivity index (χ1n) is 8.61. The van der Waals surface area contributed by atoms with E-state index < -0.39 is 10.0 Å². The maximum absolute atomic E-state index is 12.6. The minimum atomic E-state index is -3.35. The number of amides is 1. The summed E-state index contributed by atoms with van der Waals surface area (Å²) in [5, 5.41) is 3.31. The Labute approximate surface area is 159 Å². The molecule has 2 aromatic carbocycles. The Morgan fingerprint density at radius 1 is 1.23 bits per heavy atom. The number of rotatable bonds is 5. The van der Waals surface area contributed by atoms with E-state index in [1.54, 1.807) is 36.4 Å². The summed E-state index contributed by atoms with van der Waals surface area (Å²) >= 11 is 5.93. The molecule has 3 rings (SSSR count). The molecule has 0 saturated heterocycles. The number of carbonyl (C=O) groups excluding carboxylic acids is 1. The van der Waals surface area contributed by atoms with E-state index in [0.29, 0.717) is 34.9 Å². The van der Waals surface area contributed by atoms with Crippen LogP contribution in [0, 0.1) is 0 Å². The zero-order valence-electron chi connectivity index (χ0n) is 14.5. The lowest BCUT2D eigenvalue weighted by atomic mass is 10.0. The summed E-state index contributed by atoms with van der Waals surface area (Å²) in [4.78, 5) is 12.4. The van der Waals surface area contributed by atoms with Gasteiger partial charge >= 0.3 is 0 Å². The molecule has 26 heavy (non-hydrogen) atoms. The summed E-state index contributed by atoms with van der Waals surface area (Å²) in [6, 6.07) is 12.1. The smallest absolute Gasteiger partial charge is 0.255 e. The van der Waals surface area contributed by atoms with Crippen molar-refractivity contribution in [2.75, 3.05) is 21.9 Å². The Balaban J connectivity index is 1.88. The maximum atomic E-state index is 12.6. The van der Waals surface area contributed by atoms with E-state index in [-0.39, 0.29) is 11.7 Å². The lowest BCUT2D eigenvalue weighted by molar-refractivity contribution is 0.102. The summed E-state index contributed by atoms with van der Waals surface area (Å²) in [5.74, 6) is -0.169. The summed E-state index contributed by atoms with van der Waals surface area (Å²) < 4.78 is 26.6. The van der Waals surface area contributed by atoms with E-state index in [2.05, 4.69) is 5.32 Å². The van der Waals surface area contributed by atoms with Crippen molar-refractivity contribution in [2.24, 2.45) is 0 Å². The van der Waals surface area contributed by atoms with E-state index in [0.717, 1.165) is 18.4 Å². The number of sulfonamides is 1. The molecule has 1 aliphatic heterocycles. The Kier molecular flexibility index (Phi) is 5.53. The lowest BCUT2D eigenvalue weighted by Gasteiger charge is -2.31. The minimum Gasteiger partial charge on any atom is -0.322 e. The molecule has 1 amide bonds. The van der Waals surface area contributed by atoms with E-state index in [1.165, 1.54) is 4.31 Å². The molecule has 0 unspecified atom stereocenters. The zero-order chi connectivity index (χ0) is 18.7. The topological polar surface area (TPSA) is 66.5 Å². The first kappa shape index (κ1) is 18.7. The number of carbonyl (C=O) groups is 1. The van der Waals surface area contributed by atoms with Gasteiger partial charge in [0.15, 0.2) is 0 Å². The largest absolute Gasteiger partial charge is 0.322 e. The van der Waals surface area contributed by atoms with Gasteiger partial charge in [-0.25, -0.2) is 8.42 Å². The third kappa shape index (κ3) is 4.02. The van der Waals surface area contributed by atoms with Gasteiger partial charge in [-0.15, -0.1) is 0 Å². The van der Waals surface area contributed by atoms with Crippen LogP contribution in [-0.2, 0) is 16.4 Å². The predicted molar refractivity (Wildman–Crippen MR) is 106 cm³/mol. The van der Waals surface area contributed by atoms with Gasteiger partial charge in [0, 0.05) is 22.8 Å². The second-order valence-corrected chi connectivity index (χ2v) is 8.75. The number of hydrogen-bond donors (Lipinski definition) is 1. The molecule has 1 heterocycles. The zero-order valence-corrected chi connectivity index (χ0v) is 16.1. The highest BCUT2D eigenvalue weighted by molar-refractivity contribution is 7.92. The van der Waals surface area contributed by atoms with E-state index in [1.807, 2.05) is 13.0 Å². The van der Waals surface area contributed by atoms with Crippen LogP contribution in [0.3, 0.4) is 0 Å². The standard InChI is InChI=1S/C19H21ClN2O3S/c1-2-11-26(24,25)22-10-4-6-14-8-9-17(13-18(14)22)21-19(23)15-5-3-7-16(20)12-15/h3,5,7-9,12-13H,2,4,6,10-11H2,1H3,(H,21,23). The lowest BCUT2D eigenvalue weighted by Crippen LogP contribution is -2.37. The fourth-order valence-corrected chi connectivity index (χ4v) is 4.91. The van der Waals surface area contributed by atoms with Gasteiger partial charge in [-0.05, 0) is 55.2 Å². The molecule has 0 radical (unpaired) electrons. The molecule has 0 spiro atoms. The molecular formula is C19H21ClN2O3S. The Morgan fingerprint density at radius 2 is 2.04 bits per heavy atom. The van der Waals surface area contributed by atoms with Crippen molar-refractivity contribution in [3.05, 3.63) is 58.6 Å². The number of nitrogens with zero attached hydrogens (tertiary/aromatic N) is 1. The predicted octanol–water partition coefficient (Wildman–Crippen LogP) is 4.08. The maximum Gasteiger partial charge on any atom is 0.255 e. The van der Waals surface area contributed by atoms with Crippen LogP contribution in [0.2, 0.25) is 5.02 Å². The van der Waals surface area contributed by atoms with Crippen molar-refractivity contribution in [3.63, 3.8) is 0 Å². The third-order valence-corrected chi connectivity index (χ3v) is 6.51. The van der Waals surface area contributed by atoms with Gasteiger partial charge < -0.3 is 5.32 Å². The molecule has 2 aromatic rings. The average Bonchev–Trinajstić information content (AvgIpc) is 2.61. The normalized spacial score (nSPS) is 14.0. The van der Waals surface area contributed by atoms with Gasteiger partial charge in [-0.1, -0.05) is 30.7 Å². The van der Waals surface area contributed by atoms with E-state index in [4.69, 9.17) is 11.6 Å². The second kappa shape index (κ2) is 7.68. The van der Waals surface area contributed by atoms with Crippen LogP contribution >= 0.6 is 11.6 Å². The van der Waals surface area contributed by atoms with Crippen LogP contribution in [0.15, 0.2) is 42.5 Å². The molecule has 0 saturated carbocycles. The van der Waals surface area contributed by atoms with Crippen molar-refractivity contribution < 1.29 is 13.2 Å². The quantitative estimate of drug-likeness (QED) is 0.833. The number of aryl methyl sites for hydroxylation is 1. The summed E-state index contributed by atoms with van der Waals surface area (Å²) in [5.41, 5.74) is 2.66. The molecule has 0 bridgehead atoms. The second-order valence-electron chi connectivity index (χ2n) is 6.30. The molecule has 1 aliphatic rings. The molecule has 0 aromatic heterocycles. The number of benzene rings is 2. The molecule has 138 valence electrons.